The molecule has 0 bridgehead atoms. The lowest BCUT2D eigenvalue weighted by atomic mass is 9.88. The van der Waals surface area contributed by atoms with Gasteiger partial charge < -0.3 is 4.74 Å². The molecule has 6 heteroatoms. The van der Waals surface area contributed by atoms with Gasteiger partial charge in [0.25, 0.3) is 0 Å². The number of H-pyrrole nitrogens is 1. The molecule has 0 aliphatic heterocycles. The Morgan fingerprint density at radius 1 is 0.660 bits per heavy atom. The molecule has 8 aromatic rings. The Hall–Kier alpha value is -6.01. The molecule has 0 aliphatic rings. The highest BCUT2D eigenvalue weighted by molar-refractivity contribution is 6.09. The van der Waals surface area contributed by atoms with Crippen molar-refractivity contribution in [3.05, 3.63) is 145 Å². The third kappa shape index (κ3) is 5.24. The summed E-state index contributed by atoms with van der Waals surface area (Å²) < 4.78 is 8.69. The summed E-state index contributed by atoms with van der Waals surface area (Å²) >= 11 is 0. The Labute approximate surface area is 273 Å². The number of para-hydroxylation sites is 1. The summed E-state index contributed by atoms with van der Waals surface area (Å²) in [7, 11) is 0. The van der Waals surface area contributed by atoms with Gasteiger partial charge in [0, 0.05) is 40.2 Å². The average molecular weight is 612 g/mol. The number of aromatic amines is 1. The summed E-state index contributed by atoms with van der Waals surface area (Å²) in [6, 6.07) is 45.3. The van der Waals surface area contributed by atoms with Gasteiger partial charge in [0.1, 0.15) is 17.3 Å². The molecule has 228 valence electrons. The maximum Gasteiger partial charge on any atom is 0.219 e. The number of nitrogens with zero attached hydrogens (tertiary/aromatic N) is 4. The monoisotopic (exact) mass is 611 g/mol. The lowest BCUT2D eigenvalue weighted by molar-refractivity contribution is 0.464. The molecule has 6 nitrogen and oxygen atoms in total. The highest BCUT2D eigenvalue weighted by Gasteiger charge is 2.21. The van der Waals surface area contributed by atoms with E-state index in [1.807, 2.05) is 66.9 Å². The van der Waals surface area contributed by atoms with E-state index in [1.54, 1.807) is 0 Å². The third-order valence-corrected chi connectivity index (χ3v) is 8.56. The molecule has 4 aromatic carbocycles. The molecule has 47 heavy (non-hydrogen) atoms. The molecule has 0 saturated carbocycles. The zero-order valence-corrected chi connectivity index (χ0v) is 26.5. The van der Waals surface area contributed by atoms with Gasteiger partial charge in [-0.2, -0.15) is 5.10 Å². The number of pyridine rings is 2. The van der Waals surface area contributed by atoms with E-state index in [2.05, 4.69) is 103 Å². The van der Waals surface area contributed by atoms with E-state index >= 15 is 0 Å². The van der Waals surface area contributed by atoms with E-state index < -0.39 is 0 Å². The van der Waals surface area contributed by atoms with E-state index in [0.717, 1.165) is 56.0 Å². The van der Waals surface area contributed by atoms with E-state index in [1.165, 1.54) is 10.9 Å². The van der Waals surface area contributed by atoms with Crippen molar-refractivity contribution in [2.45, 2.75) is 26.2 Å². The van der Waals surface area contributed by atoms with Crippen molar-refractivity contribution < 1.29 is 4.74 Å². The number of rotatable bonds is 6. The van der Waals surface area contributed by atoms with Crippen LogP contribution in [0.2, 0.25) is 0 Å². The Kier molecular flexibility index (Phi) is 6.91. The van der Waals surface area contributed by atoms with Crippen molar-refractivity contribution in [2.24, 2.45) is 0 Å². The van der Waals surface area contributed by atoms with Gasteiger partial charge in [-0.15, -0.1) is 0 Å². The molecule has 0 spiro atoms. The van der Waals surface area contributed by atoms with Crippen LogP contribution in [0.1, 0.15) is 26.3 Å². The molecule has 0 aliphatic carbocycles. The van der Waals surface area contributed by atoms with Crippen molar-refractivity contribution >= 4 is 21.8 Å². The summed E-state index contributed by atoms with van der Waals surface area (Å²) in [6.45, 7) is 6.67. The zero-order chi connectivity index (χ0) is 32.0. The standard InChI is InChI=1S/C41H33N5O/c1-41(2,3)29-23-24-42-36(25-29)46-34-19-11-10-17-31(34)32-22-21-30(26-35(32)46)47-37-20-12-18-33(43-37)40-38(27-13-6-4-7-14-27)39(44-45-40)28-15-8-5-9-16-28/h4-26H,1-3H3,(H,44,45). The summed E-state index contributed by atoms with van der Waals surface area (Å²) in [6.07, 6.45) is 1.90. The SMILES string of the molecule is CC(C)(C)c1ccnc(-n2c3ccccc3c3ccc(Oc4cccc(-c5[nH]nc(-c6ccccc6)c5-c5ccccc5)n4)cc32)c1. The molecule has 0 fully saturated rings. The Balaban J connectivity index is 1.21. The van der Waals surface area contributed by atoms with Gasteiger partial charge in [0.15, 0.2) is 0 Å². The minimum atomic E-state index is -0.00169. The average Bonchev–Trinajstić information content (AvgIpc) is 3.69. The van der Waals surface area contributed by atoms with E-state index in [-0.39, 0.29) is 5.41 Å². The van der Waals surface area contributed by atoms with Crippen LogP contribution in [-0.4, -0.2) is 24.7 Å². The van der Waals surface area contributed by atoms with Crippen molar-refractivity contribution in [3.8, 4) is 51.2 Å². The first-order valence-corrected chi connectivity index (χ1v) is 15.8. The minimum Gasteiger partial charge on any atom is -0.439 e. The van der Waals surface area contributed by atoms with E-state index in [9.17, 15) is 0 Å². The van der Waals surface area contributed by atoms with Crippen LogP contribution in [0.15, 0.2) is 140 Å². The fourth-order valence-corrected chi connectivity index (χ4v) is 6.22. The number of nitrogens with one attached hydrogen (secondary N) is 1. The number of fused-ring (bicyclic) bond motifs is 3. The molecule has 0 atom stereocenters. The van der Waals surface area contributed by atoms with Gasteiger partial charge in [-0.3, -0.25) is 9.67 Å². The van der Waals surface area contributed by atoms with Crippen LogP contribution in [0.25, 0.3) is 61.4 Å². The van der Waals surface area contributed by atoms with Crippen LogP contribution in [0.5, 0.6) is 11.6 Å². The van der Waals surface area contributed by atoms with Crippen LogP contribution in [0, 0.1) is 0 Å². The quantitative estimate of drug-likeness (QED) is 0.203. The van der Waals surface area contributed by atoms with Crippen molar-refractivity contribution in [1.82, 2.24) is 24.7 Å². The maximum absolute atomic E-state index is 6.47. The second kappa shape index (κ2) is 11.4. The lowest BCUT2D eigenvalue weighted by Gasteiger charge is -2.20. The number of hydrogen-bond acceptors (Lipinski definition) is 4. The molecule has 4 heterocycles. The van der Waals surface area contributed by atoms with Gasteiger partial charge in [0.05, 0.1) is 22.4 Å². The van der Waals surface area contributed by atoms with Gasteiger partial charge >= 0.3 is 0 Å². The topological polar surface area (TPSA) is 68.6 Å². The smallest absolute Gasteiger partial charge is 0.219 e. The van der Waals surface area contributed by atoms with Crippen LogP contribution in [0.4, 0.5) is 0 Å². The first-order chi connectivity index (χ1) is 22.9. The largest absolute Gasteiger partial charge is 0.439 e. The Bertz CT molecular complexity index is 2370. The summed E-state index contributed by atoms with van der Waals surface area (Å²) in [5, 5.41) is 10.3. The van der Waals surface area contributed by atoms with Crippen molar-refractivity contribution in [1.29, 1.82) is 0 Å². The fraction of sp³-hybridized carbons (Fsp3) is 0.0976. The van der Waals surface area contributed by atoms with Gasteiger partial charge in [0.2, 0.25) is 5.88 Å². The third-order valence-electron chi connectivity index (χ3n) is 8.56. The van der Waals surface area contributed by atoms with Crippen LogP contribution in [0.3, 0.4) is 0 Å². The molecule has 0 unspecified atom stereocenters. The minimum absolute atomic E-state index is 0.00169. The molecule has 0 saturated heterocycles. The number of benzene rings is 4. The molecular formula is C41H33N5O. The van der Waals surface area contributed by atoms with Crippen molar-refractivity contribution in [2.75, 3.05) is 0 Å². The number of aromatic nitrogens is 5. The predicted octanol–water partition coefficient (Wildman–Crippen LogP) is 10.4. The molecule has 8 rings (SSSR count). The summed E-state index contributed by atoms with van der Waals surface area (Å²) in [5.41, 5.74) is 8.89. The second-order valence-electron chi connectivity index (χ2n) is 12.7. The van der Waals surface area contributed by atoms with E-state index in [4.69, 9.17) is 19.8 Å². The molecule has 1 N–H and O–H groups in total. The number of hydrogen-bond donors (Lipinski definition) is 1. The van der Waals surface area contributed by atoms with Crippen LogP contribution < -0.4 is 4.74 Å². The van der Waals surface area contributed by atoms with Crippen molar-refractivity contribution in [3.63, 3.8) is 0 Å². The summed E-state index contributed by atoms with van der Waals surface area (Å²) in [5.74, 6) is 2.06. The molecule has 0 radical (unpaired) electrons. The summed E-state index contributed by atoms with van der Waals surface area (Å²) in [4.78, 5) is 9.77. The van der Waals surface area contributed by atoms with Gasteiger partial charge in [-0.25, -0.2) is 9.97 Å². The Morgan fingerprint density at radius 2 is 1.38 bits per heavy atom. The molecule has 0 amide bonds. The van der Waals surface area contributed by atoms with Crippen LogP contribution >= 0.6 is 0 Å². The number of ether oxygens (including phenoxy) is 1. The van der Waals surface area contributed by atoms with Gasteiger partial charge in [-0.05, 0) is 52.9 Å². The predicted molar refractivity (Wildman–Crippen MR) is 190 cm³/mol. The van der Waals surface area contributed by atoms with Crippen LogP contribution in [-0.2, 0) is 5.41 Å². The maximum atomic E-state index is 6.47. The van der Waals surface area contributed by atoms with E-state index in [0.29, 0.717) is 11.6 Å². The van der Waals surface area contributed by atoms with Gasteiger partial charge in [-0.1, -0.05) is 106 Å². The molecule has 4 aromatic heterocycles. The fourth-order valence-electron chi connectivity index (χ4n) is 6.22. The zero-order valence-electron chi connectivity index (χ0n) is 26.5. The highest BCUT2D eigenvalue weighted by Crippen LogP contribution is 2.39. The lowest BCUT2D eigenvalue weighted by Crippen LogP contribution is -2.12. The first kappa shape index (κ1) is 28.5. The first-order valence-electron chi connectivity index (χ1n) is 15.8. The Morgan fingerprint density at radius 3 is 2.17 bits per heavy atom. The molecular weight excluding hydrogens is 578 g/mol. The normalized spacial score (nSPS) is 11.7. The highest BCUT2D eigenvalue weighted by atomic mass is 16.5. The second-order valence-corrected chi connectivity index (χ2v) is 12.7.